The Balaban J connectivity index is 1.85. The molecule has 0 heterocycles. The van der Waals surface area contributed by atoms with Gasteiger partial charge in [0.1, 0.15) is 11.6 Å². The molecule has 22 heavy (non-hydrogen) atoms. The average molecular weight is 301 g/mol. The maximum absolute atomic E-state index is 12.9. The van der Waals surface area contributed by atoms with Crippen molar-refractivity contribution in [2.45, 2.75) is 25.8 Å². The molecule has 0 aliphatic carbocycles. The fraction of sp³-hybridized carbons (Fsp3) is 0.278. The summed E-state index contributed by atoms with van der Waals surface area (Å²) in [5, 5.41) is 2.92. The number of methoxy groups -OCH3 is 1. The molecule has 4 heteroatoms. The molecule has 2 aromatic rings. The van der Waals surface area contributed by atoms with Crippen LogP contribution in [0.5, 0.6) is 5.75 Å². The summed E-state index contributed by atoms with van der Waals surface area (Å²) in [7, 11) is 1.62. The van der Waals surface area contributed by atoms with Crippen LogP contribution in [0.4, 0.5) is 4.39 Å². The second-order valence-corrected chi connectivity index (χ2v) is 5.19. The lowest BCUT2D eigenvalue weighted by Gasteiger charge is -2.14. The third kappa shape index (κ3) is 4.58. The summed E-state index contributed by atoms with van der Waals surface area (Å²) in [6, 6.07) is 13.7. The minimum absolute atomic E-state index is 0.0281. The predicted molar refractivity (Wildman–Crippen MR) is 84.3 cm³/mol. The summed E-state index contributed by atoms with van der Waals surface area (Å²) >= 11 is 0. The van der Waals surface area contributed by atoms with E-state index in [1.165, 1.54) is 12.1 Å². The summed E-state index contributed by atoms with van der Waals surface area (Å²) in [5.41, 5.74) is 1.94. The maximum atomic E-state index is 12.9. The van der Waals surface area contributed by atoms with Gasteiger partial charge in [0.15, 0.2) is 0 Å². The zero-order chi connectivity index (χ0) is 15.9. The molecule has 1 atom stereocenters. The first-order chi connectivity index (χ1) is 10.6. The molecule has 0 fully saturated rings. The summed E-state index contributed by atoms with van der Waals surface area (Å²) < 4.78 is 18.0. The van der Waals surface area contributed by atoms with Crippen molar-refractivity contribution in [3.8, 4) is 5.75 Å². The summed E-state index contributed by atoms with van der Waals surface area (Å²) in [6.07, 6.45) is 1.05. The lowest BCUT2D eigenvalue weighted by atomic mass is 10.1. The van der Waals surface area contributed by atoms with Crippen molar-refractivity contribution in [2.75, 3.05) is 7.11 Å². The van der Waals surface area contributed by atoms with Crippen LogP contribution in [0.25, 0.3) is 0 Å². The fourth-order valence-corrected chi connectivity index (χ4v) is 2.23. The van der Waals surface area contributed by atoms with Crippen LogP contribution in [0.2, 0.25) is 0 Å². The Morgan fingerprint density at radius 2 is 1.95 bits per heavy atom. The number of amides is 1. The van der Waals surface area contributed by atoms with Gasteiger partial charge in [-0.15, -0.1) is 0 Å². The van der Waals surface area contributed by atoms with Gasteiger partial charge in [0.05, 0.1) is 13.2 Å². The molecule has 2 rings (SSSR count). The van der Waals surface area contributed by atoms with E-state index >= 15 is 0 Å². The molecular formula is C18H20FNO2. The van der Waals surface area contributed by atoms with Crippen LogP contribution in [0.3, 0.4) is 0 Å². The van der Waals surface area contributed by atoms with Crippen LogP contribution in [0.15, 0.2) is 48.5 Å². The Kier molecular flexibility index (Phi) is 5.53. The molecule has 1 amide bonds. The van der Waals surface area contributed by atoms with Crippen LogP contribution in [0.1, 0.15) is 30.5 Å². The van der Waals surface area contributed by atoms with Crippen LogP contribution in [0, 0.1) is 5.82 Å². The number of hydrogen-bond acceptors (Lipinski definition) is 2. The highest BCUT2D eigenvalue weighted by molar-refractivity contribution is 5.76. The molecule has 0 bridgehead atoms. The van der Waals surface area contributed by atoms with Gasteiger partial charge in [-0.3, -0.25) is 4.79 Å². The minimum atomic E-state index is -0.277. The minimum Gasteiger partial charge on any atom is -0.497 e. The van der Waals surface area contributed by atoms with E-state index in [0.29, 0.717) is 12.8 Å². The normalized spacial score (nSPS) is 11.8. The SMILES string of the molecule is COc1cccc(CCC(=O)NC(C)c2ccc(F)cc2)c1. The zero-order valence-corrected chi connectivity index (χ0v) is 12.8. The molecule has 0 aliphatic heterocycles. The van der Waals surface area contributed by atoms with Gasteiger partial charge in [-0.05, 0) is 48.7 Å². The third-order valence-electron chi connectivity index (χ3n) is 3.52. The summed E-state index contributed by atoms with van der Waals surface area (Å²) in [5.74, 6) is 0.484. The molecule has 0 aromatic heterocycles. The molecular weight excluding hydrogens is 281 g/mol. The van der Waals surface area contributed by atoms with Gasteiger partial charge < -0.3 is 10.1 Å². The number of nitrogens with one attached hydrogen (secondary N) is 1. The number of benzene rings is 2. The second-order valence-electron chi connectivity index (χ2n) is 5.19. The number of hydrogen-bond donors (Lipinski definition) is 1. The Bertz CT molecular complexity index is 625. The Morgan fingerprint density at radius 3 is 2.64 bits per heavy atom. The topological polar surface area (TPSA) is 38.3 Å². The van der Waals surface area contributed by atoms with Crippen molar-refractivity contribution in [3.05, 3.63) is 65.5 Å². The average Bonchev–Trinajstić information content (AvgIpc) is 2.53. The number of ether oxygens (including phenoxy) is 1. The number of carbonyl (C=O) groups excluding carboxylic acids is 1. The molecule has 116 valence electrons. The van der Waals surface area contributed by atoms with Gasteiger partial charge >= 0.3 is 0 Å². The van der Waals surface area contributed by atoms with E-state index in [0.717, 1.165) is 16.9 Å². The molecule has 0 saturated carbocycles. The van der Waals surface area contributed by atoms with E-state index in [4.69, 9.17) is 4.74 Å². The quantitative estimate of drug-likeness (QED) is 0.884. The van der Waals surface area contributed by atoms with Crippen LogP contribution in [-0.2, 0) is 11.2 Å². The first kappa shape index (κ1) is 16.0. The van der Waals surface area contributed by atoms with Gasteiger partial charge in [0.25, 0.3) is 0 Å². The molecule has 2 aromatic carbocycles. The summed E-state index contributed by atoms with van der Waals surface area (Å²) in [4.78, 5) is 12.0. The van der Waals surface area contributed by atoms with Crippen molar-refractivity contribution < 1.29 is 13.9 Å². The molecule has 0 aliphatic rings. The highest BCUT2D eigenvalue weighted by atomic mass is 19.1. The van der Waals surface area contributed by atoms with E-state index < -0.39 is 0 Å². The van der Waals surface area contributed by atoms with Gasteiger partial charge in [-0.1, -0.05) is 24.3 Å². The Labute approximate surface area is 130 Å². The lowest BCUT2D eigenvalue weighted by Crippen LogP contribution is -2.26. The number of rotatable bonds is 6. The van der Waals surface area contributed by atoms with Crippen LogP contribution in [-0.4, -0.2) is 13.0 Å². The fourth-order valence-electron chi connectivity index (χ4n) is 2.23. The first-order valence-corrected chi connectivity index (χ1v) is 7.26. The number of carbonyl (C=O) groups is 1. The molecule has 3 nitrogen and oxygen atoms in total. The summed E-state index contributed by atoms with van der Waals surface area (Å²) in [6.45, 7) is 1.89. The standard InChI is InChI=1S/C18H20FNO2/c1-13(15-7-9-16(19)10-8-15)20-18(21)11-6-14-4-3-5-17(12-14)22-2/h3-5,7-10,12-13H,6,11H2,1-2H3,(H,20,21). The zero-order valence-electron chi connectivity index (χ0n) is 12.8. The monoisotopic (exact) mass is 301 g/mol. The van der Waals surface area contributed by atoms with E-state index in [2.05, 4.69) is 5.32 Å². The third-order valence-corrected chi connectivity index (χ3v) is 3.52. The molecule has 0 radical (unpaired) electrons. The number of aryl methyl sites for hydroxylation is 1. The van der Waals surface area contributed by atoms with Crippen molar-refractivity contribution in [3.63, 3.8) is 0 Å². The van der Waals surface area contributed by atoms with Crippen molar-refractivity contribution in [1.82, 2.24) is 5.32 Å². The van der Waals surface area contributed by atoms with E-state index in [1.54, 1.807) is 19.2 Å². The van der Waals surface area contributed by atoms with Gasteiger partial charge in [0.2, 0.25) is 5.91 Å². The van der Waals surface area contributed by atoms with E-state index in [1.807, 2.05) is 31.2 Å². The van der Waals surface area contributed by atoms with Gasteiger partial charge in [-0.2, -0.15) is 0 Å². The first-order valence-electron chi connectivity index (χ1n) is 7.26. The molecule has 1 unspecified atom stereocenters. The maximum Gasteiger partial charge on any atom is 0.220 e. The molecule has 0 saturated heterocycles. The highest BCUT2D eigenvalue weighted by Crippen LogP contribution is 2.15. The predicted octanol–water partition coefficient (Wildman–Crippen LogP) is 3.64. The lowest BCUT2D eigenvalue weighted by molar-refractivity contribution is -0.121. The number of halogens is 1. The van der Waals surface area contributed by atoms with Crippen molar-refractivity contribution >= 4 is 5.91 Å². The Hall–Kier alpha value is -2.36. The molecule has 0 spiro atoms. The van der Waals surface area contributed by atoms with E-state index in [-0.39, 0.29) is 17.8 Å². The Morgan fingerprint density at radius 1 is 1.23 bits per heavy atom. The van der Waals surface area contributed by atoms with Gasteiger partial charge in [-0.25, -0.2) is 4.39 Å². The van der Waals surface area contributed by atoms with Crippen molar-refractivity contribution in [1.29, 1.82) is 0 Å². The van der Waals surface area contributed by atoms with Gasteiger partial charge in [0, 0.05) is 6.42 Å². The van der Waals surface area contributed by atoms with Crippen LogP contribution < -0.4 is 10.1 Å². The van der Waals surface area contributed by atoms with E-state index in [9.17, 15) is 9.18 Å². The second kappa shape index (κ2) is 7.59. The van der Waals surface area contributed by atoms with Crippen molar-refractivity contribution in [2.24, 2.45) is 0 Å². The smallest absolute Gasteiger partial charge is 0.220 e. The van der Waals surface area contributed by atoms with Crippen LogP contribution >= 0.6 is 0 Å². The molecule has 1 N–H and O–H groups in total. The highest BCUT2D eigenvalue weighted by Gasteiger charge is 2.10. The largest absolute Gasteiger partial charge is 0.497 e.